The Labute approximate surface area is 404 Å². The summed E-state index contributed by atoms with van der Waals surface area (Å²) in [5.41, 5.74) is 20.0. The van der Waals surface area contributed by atoms with Gasteiger partial charge in [0.1, 0.15) is 0 Å². The fourth-order valence-corrected chi connectivity index (χ4v) is 10.2. The first kappa shape index (κ1) is 41.4. The van der Waals surface area contributed by atoms with Crippen LogP contribution in [0.25, 0.3) is 99.4 Å². The molecule has 12 aromatic carbocycles. The fraction of sp³-hybridized carbons (Fsp3) is 0. The second-order valence-corrected chi connectivity index (χ2v) is 17.6. The Morgan fingerprint density at radius 2 is 0.522 bits per heavy atom. The molecular weight excluding hydrogens is 831 g/mol. The molecule has 0 aliphatic rings. The van der Waals surface area contributed by atoms with Gasteiger partial charge in [-0.15, -0.1) is 0 Å². The van der Waals surface area contributed by atoms with Crippen LogP contribution in [0.5, 0.6) is 0 Å². The molecule has 1 nitrogen and oxygen atoms in total. The van der Waals surface area contributed by atoms with Crippen LogP contribution < -0.4 is 4.90 Å². The van der Waals surface area contributed by atoms with E-state index in [0.717, 1.165) is 22.6 Å². The number of nitrogens with zero attached hydrogens (tertiary/aromatic N) is 1. The molecule has 324 valence electrons. The lowest BCUT2D eigenvalue weighted by Gasteiger charge is -2.28. The summed E-state index contributed by atoms with van der Waals surface area (Å²) in [4.78, 5) is 2.43. The van der Waals surface area contributed by atoms with Crippen molar-refractivity contribution in [1.29, 1.82) is 0 Å². The average Bonchev–Trinajstić information content (AvgIpc) is 3.44. The number of hydrogen-bond acceptors (Lipinski definition) is 1. The molecule has 0 saturated heterocycles. The predicted molar refractivity (Wildman–Crippen MR) is 294 cm³/mol. The van der Waals surface area contributed by atoms with Gasteiger partial charge in [-0.25, -0.2) is 0 Å². The van der Waals surface area contributed by atoms with Gasteiger partial charge in [0.15, 0.2) is 0 Å². The third kappa shape index (κ3) is 7.97. The highest BCUT2D eigenvalue weighted by Crippen LogP contribution is 2.48. The van der Waals surface area contributed by atoms with Gasteiger partial charge in [0, 0.05) is 17.1 Å². The molecule has 0 radical (unpaired) electrons. The van der Waals surface area contributed by atoms with Crippen molar-refractivity contribution < 1.29 is 0 Å². The van der Waals surface area contributed by atoms with Crippen LogP contribution in [0.4, 0.5) is 17.1 Å². The van der Waals surface area contributed by atoms with E-state index in [1.54, 1.807) is 0 Å². The summed E-state index contributed by atoms with van der Waals surface area (Å²) < 4.78 is 0. The molecule has 0 unspecified atom stereocenters. The first-order chi connectivity index (χ1) is 34.2. The molecule has 0 bridgehead atoms. The number of fused-ring (bicyclic) bond motifs is 3. The Kier molecular flexibility index (Phi) is 11.0. The van der Waals surface area contributed by atoms with Crippen molar-refractivity contribution in [2.45, 2.75) is 0 Å². The van der Waals surface area contributed by atoms with Crippen LogP contribution in [0.15, 0.2) is 285 Å². The standard InChI is InChI=1S/C68H47N/c1-7-21-48(22-8-1)55-37-42-59(64(45-55)50-25-11-3-12-26-50)52-35-38-56(39-36-52)69(57-40-43-60(49-23-9-2-10-24-49)65(46-57)51-27-13-4-14-28-51)58-41-44-63-66(47-58)61-33-19-20-34-62(61)67(53-29-15-5-16-30-53)68(63)54-31-17-6-18-32-54/h1-47H. The van der Waals surface area contributed by atoms with Gasteiger partial charge in [0.2, 0.25) is 0 Å². The van der Waals surface area contributed by atoms with Crippen molar-refractivity contribution in [2.24, 2.45) is 0 Å². The molecule has 12 aromatic rings. The zero-order valence-electron chi connectivity index (χ0n) is 38.1. The zero-order valence-corrected chi connectivity index (χ0v) is 38.1. The van der Waals surface area contributed by atoms with Crippen LogP contribution in [-0.4, -0.2) is 0 Å². The summed E-state index contributed by atoms with van der Waals surface area (Å²) in [6.45, 7) is 0. The normalized spacial score (nSPS) is 11.2. The molecule has 0 spiro atoms. The topological polar surface area (TPSA) is 3.24 Å². The Bertz CT molecular complexity index is 3720. The van der Waals surface area contributed by atoms with Crippen molar-refractivity contribution >= 4 is 38.6 Å². The molecule has 0 saturated carbocycles. The van der Waals surface area contributed by atoms with Crippen LogP contribution >= 0.6 is 0 Å². The highest BCUT2D eigenvalue weighted by Gasteiger charge is 2.22. The maximum absolute atomic E-state index is 2.43. The highest BCUT2D eigenvalue weighted by molar-refractivity contribution is 6.22. The van der Waals surface area contributed by atoms with E-state index < -0.39 is 0 Å². The zero-order chi connectivity index (χ0) is 45.9. The van der Waals surface area contributed by atoms with E-state index in [9.17, 15) is 0 Å². The van der Waals surface area contributed by atoms with Gasteiger partial charge in [-0.1, -0.05) is 243 Å². The fourth-order valence-electron chi connectivity index (χ4n) is 10.2. The molecule has 0 heterocycles. The maximum atomic E-state index is 2.43. The number of hydrogen-bond donors (Lipinski definition) is 0. The smallest absolute Gasteiger partial charge is 0.0468 e. The summed E-state index contributed by atoms with van der Waals surface area (Å²) >= 11 is 0. The third-order valence-electron chi connectivity index (χ3n) is 13.5. The largest absolute Gasteiger partial charge is 0.310 e. The van der Waals surface area contributed by atoms with E-state index >= 15 is 0 Å². The van der Waals surface area contributed by atoms with E-state index in [0.29, 0.717) is 0 Å². The lowest BCUT2D eigenvalue weighted by molar-refractivity contribution is 1.29. The highest BCUT2D eigenvalue weighted by atomic mass is 15.1. The van der Waals surface area contributed by atoms with E-state index in [-0.39, 0.29) is 0 Å². The van der Waals surface area contributed by atoms with Gasteiger partial charge >= 0.3 is 0 Å². The van der Waals surface area contributed by atoms with Crippen LogP contribution in [0.1, 0.15) is 0 Å². The number of rotatable bonds is 10. The van der Waals surface area contributed by atoms with Crippen molar-refractivity contribution in [3.8, 4) is 77.9 Å². The summed E-state index contributed by atoms with van der Waals surface area (Å²) in [7, 11) is 0. The molecule has 12 rings (SSSR count). The van der Waals surface area contributed by atoms with Crippen LogP contribution in [-0.2, 0) is 0 Å². The summed E-state index contributed by atoms with van der Waals surface area (Å²) in [6.07, 6.45) is 0. The minimum Gasteiger partial charge on any atom is -0.310 e. The molecular formula is C68H47N. The SMILES string of the molecule is c1ccc(-c2ccc(-c3ccc(N(c4ccc(-c5ccccc5)c(-c5ccccc5)c4)c4ccc5c(-c6ccccc6)c(-c6ccccc6)c6ccccc6c5c4)cc3)c(-c3ccccc3)c2)cc1. The van der Waals surface area contributed by atoms with Crippen molar-refractivity contribution in [2.75, 3.05) is 4.90 Å². The minimum absolute atomic E-state index is 1.07. The first-order valence-electron chi connectivity index (χ1n) is 23.7. The van der Waals surface area contributed by atoms with Gasteiger partial charge in [-0.3, -0.25) is 0 Å². The van der Waals surface area contributed by atoms with Crippen LogP contribution in [0, 0.1) is 0 Å². The summed E-state index contributed by atoms with van der Waals surface area (Å²) in [6, 6.07) is 104. The molecule has 0 aromatic heterocycles. The van der Waals surface area contributed by atoms with Crippen molar-refractivity contribution in [3.63, 3.8) is 0 Å². The Morgan fingerprint density at radius 1 is 0.174 bits per heavy atom. The van der Waals surface area contributed by atoms with E-state index in [2.05, 4.69) is 290 Å². The monoisotopic (exact) mass is 877 g/mol. The Balaban J connectivity index is 1.07. The third-order valence-corrected chi connectivity index (χ3v) is 13.5. The van der Waals surface area contributed by atoms with Crippen LogP contribution in [0.3, 0.4) is 0 Å². The molecule has 0 aliphatic carbocycles. The molecule has 69 heavy (non-hydrogen) atoms. The van der Waals surface area contributed by atoms with Crippen molar-refractivity contribution in [3.05, 3.63) is 285 Å². The van der Waals surface area contributed by atoms with Gasteiger partial charge in [0.25, 0.3) is 0 Å². The average molecular weight is 878 g/mol. The summed E-state index contributed by atoms with van der Waals surface area (Å²) in [5.74, 6) is 0. The first-order valence-corrected chi connectivity index (χ1v) is 23.7. The predicted octanol–water partition coefficient (Wildman–Crippen LogP) is 19.1. The molecule has 0 N–H and O–H groups in total. The van der Waals surface area contributed by atoms with Gasteiger partial charge in [-0.2, -0.15) is 0 Å². The quantitative estimate of drug-likeness (QED) is 0.124. The minimum atomic E-state index is 1.07. The molecule has 0 amide bonds. The lowest BCUT2D eigenvalue weighted by Crippen LogP contribution is -2.10. The number of anilines is 3. The van der Waals surface area contributed by atoms with Gasteiger partial charge < -0.3 is 4.90 Å². The summed E-state index contributed by atoms with van der Waals surface area (Å²) in [5, 5.41) is 4.88. The lowest BCUT2D eigenvalue weighted by atomic mass is 9.85. The second kappa shape index (κ2) is 18.3. The molecule has 0 aliphatic heterocycles. The molecule has 0 fully saturated rings. The van der Waals surface area contributed by atoms with E-state index in [4.69, 9.17) is 0 Å². The number of benzene rings is 12. The van der Waals surface area contributed by atoms with Crippen molar-refractivity contribution in [1.82, 2.24) is 0 Å². The Morgan fingerprint density at radius 3 is 1.06 bits per heavy atom. The second-order valence-electron chi connectivity index (χ2n) is 17.6. The van der Waals surface area contributed by atoms with Crippen LogP contribution in [0.2, 0.25) is 0 Å². The van der Waals surface area contributed by atoms with Gasteiger partial charge in [-0.05, 0) is 142 Å². The Hall–Kier alpha value is -9.04. The maximum Gasteiger partial charge on any atom is 0.0468 e. The van der Waals surface area contributed by atoms with Gasteiger partial charge in [0.05, 0.1) is 0 Å². The molecule has 1 heteroatoms. The van der Waals surface area contributed by atoms with E-state index in [1.165, 1.54) is 93.9 Å². The molecule has 0 atom stereocenters. The van der Waals surface area contributed by atoms with E-state index in [1.807, 2.05) is 0 Å².